The van der Waals surface area contributed by atoms with Crippen LogP contribution < -0.4 is 9.62 Å². The lowest BCUT2D eigenvalue weighted by atomic mass is 10.1. The van der Waals surface area contributed by atoms with E-state index in [-0.39, 0.29) is 26.5 Å². The molecule has 7 nitrogen and oxygen atoms in total. The molecule has 3 aromatic carbocycles. The molecule has 226 valence electrons. The second kappa shape index (κ2) is 14.0. The number of sulfonamides is 1. The molecule has 0 saturated heterocycles. The molecule has 42 heavy (non-hydrogen) atoms. The molecule has 1 N–H and O–H groups in total. The van der Waals surface area contributed by atoms with Crippen LogP contribution in [-0.4, -0.2) is 44.3 Å². The number of carbonyl (C=O) groups excluding carboxylic acids is 2. The fourth-order valence-electron chi connectivity index (χ4n) is 3.95. The summed E-state index contributed by atoms with van der Waals surface area (Å²) < 4.78 is 69.0. The Bertz CT molecular complexity index is 1520. The Balaban J connectivity index is 2.15. The molecular formula is C28H27Cl3F3N3O4S. The van der Waals surface area contributed by atoms with Gasteiger partial charge in [0.05, 0.1) is 21.2 Å². The van der Waals surface area contributed by atoms with Crippen LogP contribution in [0.4, 0.5) is 18.9 Å². The van der Waals surface area contributed by atoms with Gasteiger partial charge in [-0.1, -0.05) is 66.0 Å². The Morgan fingerprint density at radius 1 is 0.929 bits per heavy atom. The fraction of sp³-hybridized carbons (Fsp3) is 0.286. The van der Waals surface area contributed by atoms with Crippen LogP contribution in [0.2, 0.25) is 15.1 Å². The highest BCUT2D eigenvalue weighted by Gasteiger charge is 2.36. The first-order chi connectivity index (χ1) is 19.7. The highest BCUT2D eigenvalue weighted by Crippen LogP contribution is 2.37. The lowest BCUT2D eigenvalue weighted by Crippen LogP contribution is -2.51. The molecule has 0 bridgehead atoms. The van der Waals surface area contributed by atoms with Gasteiger partial charge in [-0.15, -0.1) is 0 Å². The van der Waals surface area contributed by atoms with Crippen molar-refractivity contribution >= 4 is 62.3 Å². The maximum Gasteiger partial charge on any atom is 0.416 e. The van der Waals surface area contributed by atoms with E-state index in [4.69, 9.17) is 34.8 Å². The summed E-state index contributed by atoms with van der Waals surface area (Å²) in [4.78, 5) is 27.6. The molecule has 14 heteroatoms. The van der Waals surface area contributed by atoms with Crippen molar-refractivity contribution in [2.75, 3.05) is 17.4 Å². The molecule has 0 aromatic heterocycles. The normalized spacial score (nSPS) is 12.5. The summed E-state index contributed by atoms with van der Waals surface area (Å²) in [5, 5.41) is 2.72. The molecule has 3 aromatic rings. The van der Waals surface area contributed by atoms with Crippen molar-refractivity contribution in [3.8, 4) is 0 Å². The first-order valence-electron chi connectivity index (χ1n) is 12.6. The predicted molar refractivity (Wildman–Crippen MR) is 157 cm³/mol. The van der Waals surface area contributed by atoms with Gasteiger partial charge in [0.15, 0.2) is 0 Å². The molecule has 2 amide bonds. The topological polar surface area (TPSA) is 86.8 Å². The van der Waals surface area contributed by atoms with Gasteiger partial charge in [-0.05, 0) is 55.8 Å². The van der Waals surface area contributed by atoms with Crippen molar-refractivity contribution < 1.29 is 31.2 Å². The number of hydrogen-bond donors (Lipinski definition) is 1. The zero-order valence-electron chi connectivity index (χ0n) is 22.5. The highest BCUT2D eigenvalue weighted by molar-refractivity contribution is 7.92. The zero-order chi connectivity index (χ0) is 31.2. The van der Waals surface area contributed by atoms with Gasteiger partial charge in [0.25, 0.3) is 10.0 Å². The smallest absolute Gasteiger partial charge is 0.354 e. The van der Waals surface area contributed by atoms with Crippen molar-refractivity contribution in [2.45, 2.75) is 43.9 Å². The van der Waals surface area contributed by atoms with E-state index in [9.17, 15) is 31.2 Å². The van der Waals surface area contributed by atoms with Crippen LogP contribution in [0.5, 0.6) is 0 Å². The summed E-state index contributed by atoms with van der Waals surface area (Å²) in [6.07, 6.45) is -4.22. The van der Waals surface area contributed by atoms with Gasteiger partial charge >= 0.3 is 6.18 Å². The summed E-state index contributed by atoms with van der Waals surface area (Å²) in [5.74, 6) is -1.46. The number of halogens is 6. The third-order valence-electron chi connectivity index (χ3n) is 6.26. The van der Waals surface area contributed by atoms with Crippen LogP contribution in [0.1, 0.15) is 31.4 Å². The molecule has 0 aliphatic carbocycles. The maximum atomic E-state index is 13.9. The van der Waals surface area contributed by atoms with Crippen LogP contribution in [0.3, 0.4) is 0 Å². The number of carbonyl (C=O) groups is 2. The number of rotatable bonds is 11. The molecular weight excluding hydrogens is 638 g/mol. The number of benzene rings is 3. The Morgan fingerprint density at radius 3 is 2.12 bits per heavy atom. The molecule has 0 unspecified atom stereocenters. The molecule has 0 saturated carbocycles. The Kier molecular flexibility index (Phi) is 11.2. The first-order valence-corrected chi connectivity index (χ1v) is 15.2. The SMILES string of the molecule is CCCNC(=O)[C@H](C)N(Cc1c(Cl)cccc1Cl)C(=O)CN(c1cc(C(F)(F)F)ccc1Cl)S(=O)(=O)c1ccccc1. The average Bonchev–Trinajstić information content (AvgIpc) is 2.94. The number of amides is 2. The Morgan fingerprint density at radius 2 is 1.55 bits per heavy atom. The van der Waals surface area contributed by atoms with Crippen LogP contribution in [0.15, 0.2) is 71.6 Å². The molecule has 1 atom stereocenters. The first kappa shape index (κ1) is 33.5. The van der Waals surface area contributed by atoms with E-state index in [0.717, 1.165) is 11.0 Å². The summed E-state index contributed by atoms with van der Waals surface area (Å²) >= 11 is 18.9. The summed E-state index contributed by atoms with van der Waals surface area (Å²) in [7, 11) is -4.64. The molecule has 0 fully saturated rings. The number of nitrogens with one attached hydrogen (secondary N) is 1. The van der Waals surface area contributed by atoms with Crippen molar-refractivity contribution in [3.05, 3.63) is 92.9 Å². The third kappa shape index (κ3) is 7.89. The van der Waals surface area contributed by atoms with Gasteiger partial charge < -0.3 is 10.2 Å². The second-order valence-electron chi connectivity index (χ2n) is 9.18. The Hall–Kier alpha value is -2.99. The minimum atomic E-state index is -4.83. The van der Waals surface area contributed by atoms with Gasteiger partial charge in [0.2, 0.25) is 11.8 Å². The van der Waals surface area contributed by atoms with Gasteiger partial charge in [-0.25, -0.2) is 8.42 Å². The largest absolute Gasteiger partial charge is 0.416 e. The highest BCUT2D eigenvalue weighted by atomic mass is 35.5. The number of nitrogens with zero attached hydrogens (tertiary/aromatic N) is 2. The molecule has 0 spiro atoms. The van der Waals surface area contributed by atoms with Crippen LogP contribution in [-0.2, 0) is 32.3 Å². The lowest BCUT2D eigenvalue weighted by molar-refractivity contribution is -0.139. The van der Waals surface area contributed by atoms with E-state index in [1.807, 2.05) is 6.92 Å². The minimum absolute atomic E-state index is 0.191. The van der Waals surface area contributed by atoms with Crippen LogP contribution in [0, 0.1) is 0 Å². The van der Waals surface area contributed by atoms with Gasteiger partial charge in [0.1, 0.15) is 12.6 Å². The summed E-state index contributed by atoms with van der Waals surface area (Å²) in [6.45, 7) is 2.29. The number of alkyl halides is 3. The fourth-order valence-corrected chi connectivity index (χ4v) is 6.18. The van der Waals surface area contributed by atoms with Crippen LogP contribution in [0.25, 0.3) is 0 Å². The van der Waals surface area contributed by atoms with E-state index >= 15 is 0 Å². The van der Waals surface area contributed by atoms with E-state index in [1.165, 1.54) is 43.3 Å². The number of hydrogen-bond acceptors (Lipinski definition) is 4. The molecule has 0 radical (unpaired) electrons. The molecule has 3 rings (SSSR count). The maximum absolute atomic E-state index is 13.9. The quantitative estimate of drug-likeness (QED) is 0.244. The second-order valence-corrected chi connectivity index (χ2v) is 12.3. The average molecular weight is 665 g/mol. The van der Waals surface area contributed by atoms with E-state index in [0.29, 0.717) is 35.0 Å². The monoisotopic (exact) mass is 663 g/mol. The number of anilines is 1. The van der Waals surface area contributed by atoms with Crippen molar-refractivity contribution in [3.63, 3.8) is 0 Å². The molecule has 0 aliphatic rings. The van der Waals surface area contributed by atoms with Crippen molar-refractivity contribution in [1.29, 1.82) is 0 Å². The van der Waals surface area contributed by atoms with Gasteiger partial charge in [-0.2, -0.15) is 13.2 Å². The summed E-state index contributed by atoms with van der Waals surface area (Å²) in [6, 6.07) is 12.5. The lowest BCUT2D eigenvalue weighted by Gasteiger charge is -2.32. The van der Waals surface area contributed by atoms with Gasteiger partial charge in [0, 0.05) is 28.7 Å². The standard InChI is InChI=1S/C28H27Cl3F3N3O4S/c1-3-14-35-27(39)18(2)36(16-21-22(29)10-7-11-23(21)30)26(38)17-37(42(40,41)20-8-5-4-6-9-20)25-15-19(28(32,33)34)12-13-24(25)31/h4-13,15,18H,3,14,16-17H2,1-2H3,(H,35,39)/t18-/m0/s1. The third-order valence-corrected chi connectivity index (χ3v) is 9.06. The van der Waals surface area contributed by atoms with Crippen molar-refractivity contribution in [1.82, 2.24) is 10.2 Å². The summed E-state index contributed by atoms with van der Waals surface area (Å²) in [5.41, 5.74) is -1.45. The van der Waals surface area contributed by atoms with Gasteiger partial charge in [-0.3, -0.25) is 13.9 Å². The van der Waals surface area contributed by atoms with E-state index in [2.05, 4.69) is 5.32 Å². The Labute approximate surface area is 257 Å². The zero-order valence-corrected chi connectivity index (χ0v) is 25.5. The minimum Gasteiger partial charge on any atom is -0.354 e. The molecule has 0 aliphatic heterocycles. The van der Waals surface area contributed by atoms with E-state index < -0.39 is 51.9 Å². The van der Waals surface area contributed by atoms with Crippen LogP contribution >= 0.6 is 34.8 Å². The van der Waals surface area contributed by atoms with E-state index in [1.54, 1.807) is 12.1 Å². The van der Waals surface area contributed by atoms with Crippen molar-refractivity contribution in [2.24, 2.45) is 0 Å². The predicted octanol–water partition coefficient (Wildman–Crippen LogP) is 6.80. The molecule has 0 heterocycles.